The fraction of sp³-hybridized carbons (Fsp3) is 0.733. The van der Waals surface area contributed by atoms with Gasteiger partial charge in [0.25, 0.3) is 0 Å². The van der Waals surface area contributed by atoms with Gasteiger partial charge in [-0.15, -0.1) is 0 Å². The van der Waals surface area contributed by atoms with Crippen molar-refractivity contribution in [3.8, 4) is 5.88 Å². The number of aromatic nitrogens is 2. The second-order valence-corrected chi connectivity index (χ2v) is 6.09. The standard InChI is InChI=1S/C15H24N4O/c1-4-13-12-6-16-5-11(12)9-19(13)14-7-17-8-15(18-14)20-10(2)3/h7-8,10-13,16H,4-6,9H2,1-3H3. The van der Waals surface area contributed by atoms with Crippen molar-refractivity contribution in [1.29, 1.82) is 0 Å². The molecule has 0 aromatic carbocycles. The molecule has 2 aliphatic rings. The summed E-state index contributed by atoms with van der Waals surface area (Å²) in [5.41, 5.74) is 0. The van der Waals surface area contributed by atoms with Gasteiger partial charge >= 0.3 is 0 Å². The Labute approximate surface area is 120 Å². The van der Waals surface area contributed by atoms with Crippen molar-refractivity contribution in [3.05, 3.63) is 12.4 Å². The zero-order chi connectivity index (χ0) is 14.1. The molecule has 20 heavy (non-hydrogen) atoms. The average molecular weight is 276 g/mol. The molecule has 2 fully saturated rings. The molecule has 0 amide bonds. The predicted octanol–water partition coefficient (Wildman–Crippen LogP) is 1.70. The van der Waals surface area contributed by atoms with Gasteiger partial charge in [0.1, 0.15) is 0 Å². The van der Waals surface area contributed by atoms with E-state index in [0.717, 1.165) is 43.7 Å². The zero-order valence-electron chi connectivity index (χ0n) is 12.5. The minimum absolute atomic E-state index is 0.128. The molecule has 1 aromatic heterocycles. The van der Waals surface area contributed by atoms with Gasteiger partial charge in [0.2, 0.25) is 5.88 Å². The van der Waals surface area contributed by atoms with Gasteiger partial charge < -0.3 is 15.0 Å². The monoisotopic (exact) mass is 276 g/mol. The molecule has 0 aliphatic carbocycles. The molecule has 1 aromatic rings. The van der Waals surface area contributed by atoms with Crippen molar-refractivity contribution in [2.24, 2.45) is 11.8 Å². The van der Waals surface area contributed by atoms with E-state index >= 15 is 0 Å². The van der Waals surface area contributed by atoms with E-state index in [0.29, 0.717) is 11.9 Å². The Kier molecular flexibility index (Phi) is 3.78. The maximum absolute atomic E-state index is 5.66. The smallest absolute Gasteiger partial charge is 0.234 e. The lowest BCUT2D eigenvalue weighted by Gasteiger charge is -2.27. The van der Waals surface area contributed by atoms with Crippen LogP contribution in [-0.2, 0) is 0 Å². The minimum Gasteiger partial charge on any atom is -0.474 e. The first kappa shape index (κ1) is 13.6. The van der Waals surface area contributed by atoms with Crippen LogP contribution in [0.15, 0.2) is 12.4 Å². The van der Waals surface area contributed by atoms with Crippen LogP contribution < -0.4 is 15.0 Å². The maximum Gasteiger partial charge on any atom is 0.234 e. The average Bonchev–Trinajstić information content (AvgIpc) is 2.97. The number of nitrogens with one attached hydrogen (secondary N) is 1. The molecule has 2 saturated heterocycles. The Hall–Kier alpha value is -1.36. The number of rotatable bonds is 4. The largest absolute Gasteiger partial charge is 0.474 e. The molecule has 2 aliphatic heterocycles. The Morgan fingerprint density at radius 2 is 2.25 bits per heavy atom. The highest BCUT2D eigenvalue weighted by Gasteiger charge is 2.43. The van der Waals surface area contributed by atoms with Gasteiger partial charge in [0, 0.05) is 25.7 Å². The van der Waals surface area contributed by atoms with E-state index in [4.69, 9.17) is 4.74 Å². The third kappa shape index (κ3) is 2.46. The quantitative estimate of drug-likeness (QED) is 0.907. The molecule has 0 saturated carbocycles. The van der Waals surface area contributed by atoms with Crippen LogP contribution in [0.4, 0.5) is 5.82 Å². The lowest BCUT2D eigenvalue weighted by Crippen LogP contribution is -2.35. The summed E-state index contributed by atoms with van der Waals surface area (Å²) in [5, 5.41) is 3.51. The van der Waals surface area contributed by atoms with Gasteiger partial charge in [0.05, 0.1) is 18.5 Å². The van der Waals surface area contributed by atoms with Gasteiger partial charge in [-0.1, -0.05) is 6.92 Å². The highest BCUT2D eigenvalue weighted by molar-refractivity contribution is 5.42. The Bertz CT molecular complexity index is 465. The summed E-state index contributed by atoms with van der Waals surface area (Å²) in [6.45, 7) is 9.63. The lowest BCUT2D eigenvalue weighted by molar-refractivity contribution is 0.231. The highest BCUT2D eigenvalue weighted by atomic mass is 16.5. The van der Waals surface area contributed by atoms with Gasteiger partial charge in [-0.25, -0.2) is 0 Å². The van der Waals surface area contributed by atoms with Crippen LogP contribution >= 0.6 is 0 Å². The molecule has 3 unspecified atom stereocenters. The summed E-state index contributed by atoms with van der Waals surface area (Å²) < 4.78 is 5.66. The van der Waals surface area contributed by atoms with Crippen LogP contribution in [0.1, 0.15) is 27.2 Å². The summed E-state index contributed by atoms with van der Waals surface area (Å²) >= 11 is 0. The van der Waals surface area contributed by atoms with Gasteiger partial charge in [-0.05, 0) is 32.1 Å². The summed E-state index contributed by atoms with van der Waals surface area (Å²) in [6.07, 6.45) is 4.84. The fourth-order valence-electron chi connectivity index (χ4n) is 3.58. The number of hydrogen-bond acceptors (Lipinski definition) is 5. The van der Waals surface area contributed by atoms with Gasteiger partial charge in [0.15, 0.2) is 5.82 Å². The molecule has 0 radical (unpaired) electrons. The Morgan fingerprint density at radius 3 is 3.00 bits per heavy atom. The van der Waals surface area contributed by atoms with E-state index in [1.54, 1.807) is 6.20 Å². The molecule has 3 rings (SSSR count). The van der Waals surface area contributed by atoms with Crippen LogP contribution in [0.5, 0.6) is 5.88 Å². The van der Waals surface area contributed by atoms with Gasteiger partial charge in [-0.2, -0.15) is 4.98 Å². The number of hydrogen-bond donors (Lipinski definition) is 1. The maximum atomic E-state index is 5.66. The summed E-state index contributed by atoms with van der Waals surface area (Å²) in [4.78, 5) is 11.4. The summed E-state index contributed by atoms with van der Waals surface area (Å²) in [5.74, 6) is 3.08. The van der Waals surface area contributed by atoms with Crippen molar-refractivity contribution in [2.75, 3.05) is 24.5 Å². The van der Waals surface area contributed by atoms with Crippen LogP contribution in [-0.4, -0.2) is 41.7 Å². The van der Waals surface area contributed by atoms with Crippen LogP contribution in [0.2, 0.25) is 0 Å². The predicted molar refractivity (Wildman–Crippen MR) is 79.1 cm³/mol. The van der Waals surface area contributed by atoms with Crippen molar-refractivity contribution in [3.63, 3.8) is 0 Å². The minimum atomic E-state index is 0.128. The van der Waals surface area contributed by atoms with Crippen LogP contribution in [0.3, 0.4) is 0 Å². The van der Waals surface area contributed by atoms with Crippen LogP contribution in [0.25, 0.3) is 0 Å². The first-order valence-corrected chi connectivity index (χ1v) is 7.65. The van der Waals surface area contributed by atoms with Crippen molar-refractivity contribution in [2.45, 2.75) is 39.3 Å². The number of nitrogens with zero attached hydrogens (tertiary/aromatic N) is 3. The molecule has 3 heterocycles. The molecule has 3 atom stereocenters. The zero-order valence-corrected chi connectivity index (χ0v) is 12.5. The summed E-state index contributed by atoms with van der Waals surface area (Å²) in [6, 6.07) is 0.568. The first-order valence-electron chi connectivity index (χ1n) is 7.65. The van der Waals surface area contributed by atoms with Crippen molar-refractivity contribution < 1.29 is 4.74 Å². The van der Waals surface area contributed by atoms with Crippen molar-refractivity contribution >= 4 is 5.82 Å². The molecular formula is C15H24N4O. The molecule has 110 valence electrons. The molecule has 1 N–H and O–H groups in total. The third-order valence-electron chi connectivity index (χ3n) is 4.39. The van der Waals surface area contributed by atoms with Crippen molar-refractivity contribution in [1.82, 2.24) is 15.3 Å². The van der Waals surface area contributed by atoms with E-state index in [-0.39, 0.29) is 6.10 Å². The Balaban J connectivity index is 1.81. The fourth-order valence-corrected chi connectivity index (χ4v) is 3.58. The third-order valence-corrected chi connectivity index (χ3v) is 4.39. The number of anilines is 1. The van der Waals surface area contributed by atoms with E-state index in [1.807, 2.05) is 20.0 Å². The second-order valence-electron chi connectivity index (χ2n) is 6.09. The highest BCUT2D eigenvalue weighted by Crippen LogP contribution is 2.36. The topological polar surface area (TPSA) is 50.3 Å². The normalized spacial score (nSPS) is 29.0. The lowest BCUT2D eigenvalue weighted by atomic mass is 9.93. The van der Waals surface area contributed by atoms with E-state index < -0.39 is 0 Å². The van der Waals surface area contributed by atoms with E-state index in [2.05, 4.69) is 27.1 Å². The Morgan fingerprint density at radius 1 is 1.40 bits per heavy atom. The molecule has 5 nitrogen and oxygen atoms in total. The molecule has 0 spiro atoms. The number of fused-ring (bicyclic) bond motifs is 1. The van der Waals surface area contributed by atoms with E-state index in [9.17, 15) is 0 Å². The summed E-state index contributed by atoms with van der Waals surface area (Å²) in [7, 11) is 0. The van der Waals surface area contributed by atoms with E-state index in [1.165, 1.54) is 0 Å². The number of ether oxygens (including phenoxy) is 1. The first-order chi connectivity index (χ1) is 9.69. The molecule has 5 heteroatoms. The molecule has 0 bridgehead atoms. The van der Waals surface area contributed by atoms with Gasteiger partial charge in [-0.3, -0.25) is 4.98 Å². The molecular weight excluding hydrogens is 252 g/mol. The van der Waals surface area contributed by atoms with Crippen LogP contribution in [0, 0.1) is 11.8 Å². The second kappa shape index (κ2) is 5.56. The SMILES string of the molecule is CCC1C2CNCC2CN1c1cncc(OC(C)C)n1.